The Hall–Kier alpha value is -7.48. The highest BCUT2D eigenvalue weighted by Crippen LogP contribution is 2.64. The lowest BCUT2D eigenvalue weighted by atomic mass is 9.69. The lowest BCUT2D eigenvalue weighted by molar-refractivity contribution is 0.737. The maximum absolute atomic E-state index is 2.67. The fraction of sp³-hybridized carbons (Fsp3) is 0.0508. The van der Waals surface area contributed by atoms with Crippen molar-refractivity contribution in [2.24, 2.45) is 0 Å². The van der Waals surface area contributed by atoms with E-state index in [1.54, 1.807) is 0 Å². The zero-order valence-corrected chi connectivity index (χ0v) is 33.2. The van der Waals surface area contributed by atoms with E-state index in [0.29, 0.717) is 0 Å². The van der Waals surface area contributed by atoms with E-state index in [4.69, 9.17) is 0 Å². The van der Waals surface area contributed by atoms with E-state index in [1.165, 1.54) is 100 Å². The van der Waals surface area contributed by atoms with Gasteiger partial charge in [-0.1, -0.05) is 218 Å². The SMILES string of the molecule is C1=C2C(=CC(N(c3ccccc3-c3ccc(-c4ccccc4)cc3)c3ccc4ccccc4c3-c3ccccc3)C1)C1(c3ccccc32)c2ccccc2-c2ccccc21. The van der Waals surface area contributed by atoms with E-state index in [9.17, 15) is 0 Å². The predicted octanol–water partition coefficient (Wildman–Crippen LogP) is 15.1. The van der Waals surface area contributed by atoms with Crippen LogP contribution in [0, 0.1) is 0 Å². The van der Waals surface area contributed by atoms with Gasteiger partial charge in [0.25, 0.3) is 0 Å². The van der Waals surface area contributed by atoms with Crippen LogP contribution in [-0.2, 0) is 5.41 Å². The molecule has 282 valence electrons. The second-order valence-electron chi connectivity index (χ2n) is 16.3. The van der Waals surface area contributed by atoms with Gasteiger partial charge in [-0.05, 0) is 96.1 Å². The van der Waals surface area contributed by atoms with E-state index in [2.05, 4.69) is 235 Å². The normalized spacial score (nSPS) is 15.4. The first-order chi connectivity index (χ1) is 29.8. The summed E-state index contributed by atoms with van der Waals surface area (Å²) in [6.07, 6.45) is 6.05. The highest BCUT2D eigenvalue weighted by Gasteiger charge is 2.54. The number of para-hydroxylation sites is 1. The monoisotopic (exact) mass is 763 g/mol. The van der Waals surface area contributed by atoms with Gasteiger partial charge in [0.05, 0.1) is 17.1 Å². The van der Waals surface area contributed by atoms with Crippen LogP contribution in [0.1, 0.15) is 28.7 Å². The molecule has 0 fully saturated rings. The summed E-state index contributed by atoms with van der Waals surface area (Å²) in [5, 5.41) is 2.48. The number of anilines is 2. The van der Waals surface area contributed by atoms with Gasteiger partial charge >= 0.3 is 0 Å². The first kappa shape index (κ1) is 34.6. The van der Waals surface area contributed by atoms with Crippen molar-refractivity contribution >= 4 is 27.7 Å². The number of benzene rings is 9. The molecule has 1 unspecified atom stereocenters. The quantitative estimate of drug-likeness (QED) is 0.163. The molecule has 0 amide bonds. The molecule has 0 aromatic heterocycles. The molecule has 9 aromatic rings. The van der Waals surface area contributed by atoms with Gasteiger partial charge in [0, 0.05) is 16.8 Å². The number of hydrogen-bond donors (Lipinski definition) is 0. The molecule has 0 saturated heterocycles. The summed E-state index contributed by atoms with van der Waals surface area (Å²) in [6.45, 7) is 0. The fourth-order valence-electron chi connectivity index (χ4n) is 10.7. The summed E-state index contributed by atoms with van der Waals surface area (Å²) < 4.78 is 0. The average Bonchev–Trinajstić information content (AvgIpc) is 3.79. The Labute approximate surface area is 351 Å². The third kappa shape index (κ3) is 5.12. The van der Waals surface area contributed by atoms with Gasteiger partial charge in [0.1, 0.15) is 0 Å². The molecule has 60 heavy (non-hydrogen) atoms. The molecule has 1 spiro atoms. The van der Waals surface area contributed by atoms with Gasteiger partial charge in [-0.15, -0.1) is 0 Å². The van der Waals surface area contributed by atoms with Crippen molar-refractivity contribution in [3.8, 4) is 44.5 Å². The van der Waals surface area contributed by atoms with Gasteiger partial charge in [0.2, 0.25) is 0 Å². The van der Waals surface area contributed by atoms with E-state index in [-0.39, 0.29) is 6.04 Å². The molecule has 0 heterocycles. The zero-order chi connectivity index (χ0) is 39.6. The molecule has 1 nitrogen and oxygen atoms in total. The molecule has 9 aromatic carbocycles. The second kappa shape index (κ2) is 13.8. The van der Waals surface area contributed by atoms with Gasteiger partial charge in [-0.25, -0.2) is 0 Å². The highest BCUT2D eigenvalue weighted by atomic mass is 15.2. The smallest absolute Gasteiger partial charge is 0.0723 e. The first-order valence-corrected chi connectivity index (χ1v) is 21.1. The summed E-state index contributed by atoms with van der Waals surface area (Å²) in [4.78, 5) is 2.67. The lowest BCUT2D eigenvalue weighted by Crippen LogP contribution is -2.34. The Balaban J connectivity index is 1.12. The predicted molar refractivity (Wildman–Crippen MR) is 252 cm³/mol. The Morgan fingerprint density at radius 3 is 1.60 bits per heavy atom. The van der Waals surface area contributed by atoms with E-state index < -0.39 is 5.41 Å². The third-order valence-corrected chi connectivity index (χ3v) is 13.2. The van der Waals surface area contributed by atoms with Gasteiger partial charge < -0.3 is 4.90 Å². The Morgan fingerprint density at radius 2 is 0.900 bits per heavy atom. The van der Waals surface area contributed by atoms with Crippen LogP contribution in [0.5, 0.6) is 0 Å². The minimum atomic E-state index is -0.418. The maximum Gasteiger partial charge on any atom is 0.0723 e. The van der Waals surface area contributed by atoms with Crippen LogP contribution in [-0.4, -0.2) is 6.04 Å². The Kier molecular flexibility index (Phi) is 7.96. The molecular formula is C59H41N. The van der Waals surface area contributed by atoms with Crippen LogP contribution in [0.4, 0.5) is 11.4 Å². The van der Waals surface area contributed by atoms with Crippen molar-refractivity contribution in [2.75, 3.05) is 4.90 Å². The van der Waals surface area contributed by atoms with Crippen molar-refractivity contribution in [3.05, 3.63) is 258 Å². The summed E-state index contributed by atoms with van der Waals surface area (Å²) in [7, 11) is 0. The van der Waals surface area contributed by atoms with Crippen molar-refractivity contribution in [1.82, 2.24) is 0 Å². The van der Waals surface area contributed by atoms with Crippen molar-refractivity contribution in [3.63, 3.8) is 0 Å². The molecule has 0 saturated carbocycles. The molecule has 0 aliphatic heterocycles. The number of fused-ring (bicyclic) bond motifs is 11. The van der Waals surface area contributed by atoms with Crippen LogP contribution >= 0.6 is 0 Å². The molecule has 12 rings (SSSR count). The van der Waals surface area contributed by atoms with Crippen LogP contribution in [0.3, 0.4) is 0 Å². The number of rotatable bonds is 6. The molecule has 0 radical (unpaired) electrons. The second-order valence-corrected chi connectivity index (χ2v) is 16.3. The minimum Gasteiger partial charge on any atom is -0.333 e. The van der Waals surface area contributed by atoms with Gasteiger partial charge in [-0.2, -0.15) is 0 Å². The van der Waals surface area contributed by atoms with E-state index >= 15 is 0 Å². The first-order valence-electron chi connectivity index (χ1n) is 21.1. The largest absolute Gasteiger partial charge is 0.333 e. The molecular weight excluding hydrogens is 723 g/mol. The number of allylic oxidation sites excluding steroid dienone is 2. The van der Waals surface area contributed by atoms with Gasteiger partial charge in [-0.3, -0.25) is 0 Å². The molecule has 3 aliphatic carbocycles. The van der Waals surface area contributed by atoms with Crippen LogP contribution in [0.25, 0.3) is 60.9 Å². The summed E-state index contributed by atoms with van der Waals surface area (Å²) >= 11 is 0. The highest BCUT2D eigenvalue weighted by molar-refractivity contribution is 6.06. The Bertz CT molecular complexity index is 3120. The van der Waals surface area contributed by atoms with Crippen LogP contribution in [0.2, 0.25) is 0 Å². The lowest BCUT2D eigenvalue weighted by Gasteiger charge is -2.39. The van der Waals surface area contributed by atoms with Crippen LogP contribution < -0.4 is 4.90 Å². The molecule has 1 atom stereocenters. The molecule has 3 aliphatic rings. The molecule has 0 N–H and O–H groups in total. The Morgan fingerprint density at radius 1 is 0.383 bits per heavy atom. The molecule has 1 heteroatoms. The van der Waals surface area contributed by atoms with Crippen molar-refractivity contribution in [1.29, 1.82) is 0 Å². The van der Waals surface area contributed by atoms with Crippen molar-refractivity contribution in [2.45, 2.75) is 17.9 Å². The third-order valence-electron chi connectivity index (χ3n) is 13.2. The maximum atomic E-state index is 2.67. The zero-order valence-electron chi connectivity index (χ0n) is 33.2. The van der Waals surface area contributed by atoms with E-state index in [0.717, 1.165) is 6.42 Å². The van der Waals surface area contributed by atoms with E-state index in [1.807, 2.05) is 0 Å². The standard InChI is InChI=1S/C59H41N/c1-3-17-40(18-4-1)41-31-33-43(34-32-41)46-22-12-16-30-56(46)60(57-38-35-42-19-7-8-23-47(42)58(57)44-20-5-2-6-21-44)45-36-37-51-50-26-11-15-29-54(50)59(55(51)39-45)52-27-13-9-24-48(52)49-25-10-14-28-53(49)59/h1-35,37-39,45H,36H2. The van der Waals surface area contributed by atoms with Gasteiger partial charge in [0.15, 0.2) is 0 Å². The average molecular weight is 764 g/mol. The topological polar surface area (TPSA) is 3.24 Å². The molecule has 0 bridgehead atoms. The summed E-state index contributed by atoms with van der Waals surface area (Å²) in [6, 6.07) is 80.8. The van der Waals surface area contributed by atoms with Crippen molar-refractivity contribution < 1.29 is 0 Å². The number of hydrogen-bond acceptors (Lipinski definition) is 1. The summed E-state index contributed by atoms with van der Waals surface area (Å²) in [5.41, 5.74) is 20.1. The fourth-order valence-corrected chi connectivity index (χ4v) is 10.7. The van der Waals surface area contributed by atoms with Crippen LogP contribution in [0.15, 0.2) is 236 Å². The minimum absolute atomic E-state index is 0.00299. The number of nitrogens with zero attached hydrogens (tertiary/aromatic N) is 1. The summed E-state index contributed by atoms with van der Waals surface area (Å²) in [5.74, 6) is 0.